The molecule has 7 N–H and O–H groups in total. The van der Waals surface area contributed by atoms with Crippen molar-refractivity contribution in [3.05, 3.63) is 65.2 Å². The highest BCUT2D eigenvalue weighted by Crippen LogP contribution is 2.11. The Hall–Kier alpha value is -3.71. The van der Waals surface area contributed by atoms with Gasteiger partial charge in [0.1, 0.15) is 6.04 Å². The van der Waals surface area contributed by atoms with Gasteiger partial charge in [0, 0.05) is 22.4 Å². The quantitative estimate of drug-likeness (QED) is 0.196. The van der Waals surface area contributed by atoms with E-state index in [2.05, 4.69) is 22.5 Å². The van der Waals surface area contributed by atoms with E-state index in [-0.39, 0.29) is 11.5 Å². The summed E-state index contributed by atoms with van der Waals surface area (Å²) in [5, 5.41) is 23.5. The molecule has 0 saturated heterocycles. The van der Waals surface area contributed by atoms with Gasteiger partial charge in [-0.05, 0) is 67.8 Å². The molecule has 0 aromatic heterocycles. The zero-order valence-corrected chi connectivity index (χ0v) is 19.3. The third-order valence-electron chi connectivity index (χ3n) is 4.87. The van der Waals surface area contributed by atoms with Gasteiger partial charge in [-0.1, -0.05) is 25.7 Å². The van der Waals surface area contributed by atoms with E-state index in [0.29, 0.717) is 23.6 Å². The van der Waals surface area contributed by atoms with Gasteiger partial charge in [0.05, 0.1) is 12.1 Å². The molecule has 2 aromatic rings. The van der Waals surface area contributed by atoms with Crippen molar-refractivity contribution in [1.82, 2.24) is 10.8 Å². The first-order chi connectivity index (χ1) is 16.1. The molecule has 3 atom stereocenters. The Morgan fingerprint density at radius 2 is 1.44 bits per heavy atom. The number of hydrogen-bond acceptors (Lipinski definition) is 6. The van der Waals surface area contributed by atoms with E-state index in [1.807, 2.05) is 13.8 Å². The predicted octanol–water partition coefficient (Wildman–Crippen LogP) is 1.38. The molecule has 0 fully saturated rings. The summed E-state index contributed by atoms with van der Waals surface area (Å²) in [6.07, 6.45) is -0.590. The minimum atomic E-state index is -1.30. The van der Waals surface area contributed by atoms with Gasteiger partial charge in [-0.25, -0.2) is 5.48 Å². The van der Waals surface area contributed by atoms with Crippen molar-refractivity contribution < 1.29 is 24.7 Å². The minimum absolute atomic E-state index is 0.228. The van der Waals surface area contributed by atoms with Crippen LogP contribution in [0.25, 0.3) is 0 Å². The number of aliphatic hydroxyl groups excluding tert-OH is 1. The summed E-state index contributed by atoms with van der Waals surface area (Å²) in [7, 11) is 0. The highest BCUT2D eigenvalue weighted by molar-refractivity contribution is 5.97. The second-order valence-electron chi connectivity index (χ2n) is 8.30. The SMILES string of the molecule is CC(C)C[C@H](N)C(=O)Nc1ccc(C#Cc2ccc(C(=O)N[C@H](C(=O)NO)[C@@H](C)O)cc2)cc1. The van der Waals surface area contributed by atoms with Crippen LogP contribution in [-0.2, 0) is 9.59 Å². The Morgan fingerprint density at radius 3 is 1.91 bits per heavy atom. The van der Waals surface area contributed by atoms with Crippen LogP contribution in [0.15, 0.2) is 48.5 Å². The van der Waals surface area contributed by atoms with Crippen LogP contribution in [0, 0.1) is 17.8 Å². The Bertz CT molecular complexity index is 1050. The summed E-state index contributed by atoms with van der Waals surface area (Å²) >= 11 is 0. The Kier molecular flexibility index (Phi) is 9.76. The number of carbonyl (C=O) groups is 3. The molecule has 0 aliphatic heterocycles. The number of hydrogen-bond donors (Lipinski definition) is 6. The average Bonchev–Trinajstić information content (AvgIpc) is 2.81. The monoisotopic (exact) mass is 466 g/mol. The summed E-state index contributed by atoms with van der Waals surface area (Å²) in [6.45, 7) is 5.34. The number of anilines is 1. The lowest BCUT2D eigenvalue weighted by molar-refractivity contribution is -0.133. The van der Waals surface area contributed by atoms with Crippen LogP contribution in [0.2, 0.25) is 0 Å². The van der Waals surface area contributed by atoms with Gasteiger partial charge < -0.3 is 21.5 Å². The highest BCUT2D eigenvalue weighted by Gasteiger charge is 2.25. The maximum absolute atomic E-state index is 12.3. The molecule has 9 heteroatoms. The van der Waals surface area contributed by atoms with Gasteiger partial charge in [-0.3, -0.25) is 19.6 Å². The molecule has 34 heavy (non-hydrogen) atoms. The van der Waals surface area contributed by atoms with Gasteiger partial charge in [-0.2, -0.15) is 0 Å². The molecular weight excluding hydrogens is 436 g/mol. The summed E-state index contributed by atoms with van der Waals surface area (Å²) in [4.78, 5) is 36.0. The molecule has 0 heterocycles. The molecule has 0 radical (unpaired) electrons. The van der Waals surface area contributed by atoms with Crippen molar-refractivity contribution >= 4 is 23.4 Å². The fraction of sp³-hybridized carbons (Fsp3) is 0.320. The van der Waals surface area contributed by atoms with E-state index in [1.54, 1.807) is 36.4 Å². The Labute approximate surface area is 198 Å². The standard InChI is InChI=1S/C25H30N4O5/c1-15(2)14-21(26)24(32)27-20-12-8-18(9-13-20)5-4-17-6-10-19(11-7-17)23(31)28-22(16(3)30)25(33)29-34/h6-13,15-16,21-22,30,34H,14,26H2,1-3H3,(H,27,32)(H,28,31)(H,29,33)/t16-,21+,22+/m1/s1. The summed E-state index contributed by atoms with van der Waals surface area (Å²) in [5.74, 6) is 4.59. The maximum atomic E-state index is 12.3. The van der Waals surface area contributed by atoms with Gasteiger partial charge in [-0.15, -0.1) is 0 Å². The lowest BCUT2D eigenvalue weighted by Gasteiger charge is -2.19. The lowest BCUT2D eigenvalue weighted by atomic mass is 10.0. The minimum Gasteiger partial charge on any atom is -0.391 e. The van der Waals surface area contributed by atoms with Gasteiger partial charge in [0.2, 0.25) is 5.91 Å². The van der Waals surface area contributed by atoms with Crippen LogP contribution < -0.4 is 21.8 Å². The zero-order chi connectivity index (χ0) is 25.3. The third kappa shape index (κ3) is 8.01. The molecule has 0 aliphatic carbocycles. The van der Waals surface area contributed by atoms with E-state index >= 15 is 0 Å². The first-order valence-corrected chi connectivity index (χ1v) is 10.8. The normalized spacial score (nSPS) is 13.1. The van der Waals surface area contributed by atoms with Gasteiger partial charge in [0.15, 0.2) is 0 Å². The van der Waals surface area contributed by atoms with Crippen molar-refractivity contribution in [2.45, 2.75) is 45.4 Å². The number of amides is 3. The molecule has 180 valence electrons. The summed E-state index contributed by atoms with van der Waals surface area (Å²) in [5.41, 5.74) is 9.60. The fourth-order valence-corrected chi connectivity index (χ4v) is 3.04. The van der Waals surface area contributed by atoms with Crippen molar-refractivity contribution in [3.63, 3.8) is 0 Å². The third-order valence-corrected chi connectivity index (χ3v) is 4.87. The highest BCUT2D eigenvalue weighted by atomic mass is 16.5. The van der Waals surface area contributed by atoms with E-state index in [9.17, 15) is 19.5 Å². The number of aliphatic hydroxyl groups is 1. The predicted molar refractivity (Wildman–Crippen MR) is 128 cm³/mol. The maximum Gasteiger partial charge on any atom is 0.268 e. The van der Waals surface area contributed by atoms with Crippen LogP contribution in [0.4, 0.5) is 5.69 Å². The van der Waals surface area contributed by atoms with Crippen LogP contribution in [0.1, 0.15) is 48.7 Å². The van der Waals surface area contributed by atoms with Crippen LogP contribution in [0.3, 0.4) is 0 Å². The number of hydroxylamine groups is 1. The van der Waals surface area contributed by atoms with E-state index in [4.69, 9.17) is 10.9 Å². The molecular formula is C25H30N4O5. The summed E-state index contributed by atoms with van der Waals surface area (Å²) < 4.78 is 0. The summed E-state index contributed by atoms with van der Waals surface area (Å²) in [6, 6.07) is 11.6. The topological polar surface area (TPSA) is 154 Å². The van der Waals surface area contributed by atoms with Crippen molar-refractivity contribution in [2.75, 3.05) is 5.32 Å². The molecule has 3 amide bonds. The first kappa shape index (κ1) is 26.5. The van der Waals surface area contributed by atoms with Crippen molar-refractivity contribution in [3.8, 4) is 11.8 Å². The van der Waals surface area contributed by atoms with E-state index in [1.165, 1.54) is 24.5 Å². The van der Waals surface area contributed by atoms with E-state index < -0.39 is 30.0 Å². The molecule has 0 bridgehead atoms. The second kappa shape index (κ2) is 12.5. The van der Waals surface area contributed by atoms with Gasteiger partial charge in [0.25, 0.3) is 11.8 Å². The van der Waals surface area contributed by atoms with E-state index in [0.717, 1.165) is 5.56 Å². The number of nitrogens with two attached hydrogens (primary N) is 1. The average molecular weight is 467 g/mol. The molecule has 9 nitrogen and oxygen atoms in total. The first-order valence-electron chi connectivity index (χ1n) is 10.8. The Morgan fingerprint density at radius 1 is 0.912 bits per heavy atom. The number of nitrogens with one attached hydrogen (secondary N) is 3. The fourth-order valence-electron chi connectivity index (χ4n) is 3.04. The molecule has 2 aromatic carbocycles. The largest absolute Gasteiger partial charge is 0.391 e. The van der Waals surface area contributed by atoms with Crippen LogP contribution in [0.5, 0.6) is 0 Å². The molecule has 0 aliphatic rings. The zero-order valence-electron chi connectivity index (χ0n) is 19.3. The molecule has 0 saturated carbocycles. The smallest absolute Gasteiger partial charge is 0.268 e. The number of rotatable bonds is 8. The van der Waals surface area contributed by atoms with Gasteiger partial charge >= 0.3 is 0 Å². The van der Waals surface area contributed by atoms with Crippen molar-refractivity contribution in [1.29, 1.82) is 0 Å². The Balaban J connectivity index is 1.99. The molecule has 0 spiro atoms. The number of benzene rings is 2. The molecule has 0 unspecified atom stereocenters. The van der Waals surface area contributed by atoms with Crippen molar-refractivity contribution in [2.24, 2.45) is 11.7 Å². The lowest BCUT2D eigenvalue weighted by Crippen LogP contribution is -2.51. The van der Waals surface area contributed by atoms with Crippen LogP contribution >= 0.6 is 0 Å². The molecule has 2 rings (SSSR count). The second-order valence-corrected chi connectivity index (χ2v) is 8.30. The van der Waals surface area contributed by atoms with Crippen LogP contribution in [-0.4, -0.2) is 46.2 Å². The number of carbonyl (C=O) groups excluding carboxylic acids is 3.